The molecular formula is C9H12O2S. The van der Waals surface area contributed by atoms with E-state index < -0.39 is 0 Å². The third-order valence-corrected chi connectivity index (χ3v) is 2.71. The van der Waals surface area contributed by atoms with E-state index in [1.165, 1.54) is 15.3 Å². The molecule has 0 aliphatic carbocycles. The van der Waals surface area contributed by atoms with Gasteiger partial charge in [0, 0.05) is 16.2 Å². The molecule has 1 heterocycles. The lowest BCUT2D eigenvalue weighted by atomic mass is 10.2. The summed E-state index contributed by atoms with van der Waals surface area (Å²) in [6.07, 6.45) is 0.828. The highest BCUT2D eigenvalue weighted by Crippen LogP contribution is 2.20. The van der Waals surface area contributed by atoms with Gasteiger partial charge in [0.2, 0.25) is 0 Å². The van der Waals surface area contributed by atoms with Crippen LogP contribution in [0.4, 0.5) is 0 Å². The summed E-state index contributed by atoms with van der Waals surface area (Å²) in [5, 5.41) is 0. The van der Waals surface area contributed by atoms with Crippen LogP contribution in [0.2, 0.25) is 0 Å². The fourth-order valence-electron chi connectivity index (χ4n) is 1.15. The van der Waals surface area contributed by atoms with Gasteiger partial charge in [0.25, 0.3) is 6.47 Å². The van der Waals surface area contributed by atoms with Gasteiger partial charge in [-0.1, -0.05) is 0 Å². The summed E-state index contributed by atoms with van der Waals surface area (Å²) in [5.41, 5.74) is 1.29. The molecule has 0 aromatic carbocycles. The highest BCUT2D eigenvalue weighted by Gasteiger charge is 2.01. The first-order chi connectivity index (χ1) is 5.74. The van der Waals surface area contributed by atoms with Gasteiger partial charge in [-0.05, 0) is 25.5 Å². The molecule has 0 saturated carbocycles. The maximum Gasteiger partial charge on any atom is 0.293 e. The molecule has 0 spiro atoms. The van der Waals surface area contributed by atoms with Gasteiger partial charge in [0.05, 0.1) is 6.61 Å². The predicted octanol–water partition coefficient (Wildman–Crippen LogP) is 2.08. The molecule has 0 aliphatic heterocycles. The zero-order valence-electron chi connectivity index (χ0n) is 7.29. The Morgan fingerprint density at radius 3 is 2.83 bits per heavy atom. The van der Waals surface area contributed by atoms with Crippen LogP contribution >= 0.6 is 11.3 Å². The molecule has 0 unspecified atom stereocenters. The maximum atomic E-state index is 9.87. The smallest absolute Gasteiger partial charge is 0.293 e. The number of hydrogen-bond donors (Lipinski definition) is 0. The third-order valence-electron chi connectivity index (χ3n) is 1.70. The Labute approximate surface area is 76.2 Å². The lowest BCUT2D eigenvalue weighted by Gasteiger charge is -1.97. The standard InChI is InChI=1S/C9H12O2S/c1-7-5-9(8(2)12-7)3-4-11-6-10/h5-6H,3-4H2,1-2H3. The van der Waals surface area contributed by atoms with Crippen LogP contribution in [-0.4, -0.2) is 13.1 Å². The second kappa shape index (κ2) is 4.26. The van der Waals surface area contributed by atoms with Gasteiger partial charge >= 0.3 is 0 Å². The van der Waals surface area contributed by atoms with E-state index in [0.717, 1.165) is 6.42 Å². The molecule has 0 N–H and O–H groups in total. The van der Waals surface area contributed by atoms with E-state index in [2.05, 4.69) is 24.7 Å². The molecule has 3 heteroatoms. The lowest BCUT2D eigenvalue weighted by molar-refractivity contribution is -0.128. The summed E-state index contributed by atoms with van der Waals surface area (Å²) in [5.74, 6) is 0. The minimum absolute atomic E-state index is 0.487. The Hall–Kier alpha value is -0.830. The fourth-order valence-corrected chi connectivity index (χ4v) is 2.12. The van der Waals surface area contributed by atoms with Crippen molar-refractivity contribution in [3.63, 3.8) is 0 Å². The topological polar surface area (TPSA) is 26.3 Å². The molecule has 0 fully saturated rings. The van der Waals surface area contributed by atoms with E-state index in [1.54, 1.807) is 11.3 Å². The quantitative estimate of drug-likeness (QED) is 0.529. The molecule has 12 heavy (non-hydrogen) atoms. The summed E-state index contributed by atoms with van der Waals surface area (Å²) in [7, 11) is 0. The van der Waals surface area contributed by atoms with E-state index in [0.29, 0.717) is 13.1 Å². The number of carbonyl (C=O) groups excluding carboxylic acids is 1. The van der Waals surface area contributed by atoms with E-state index in [4.69, 9.17) is 0 Å². The maximum absolute atomic E-state index is 9.87. The average Bonchev–Trinajstić information content (AvgIpc) is 2.31. The largest absolute Gasteiger partial charge is 0.468 e. The number of ether oxygens (including phenoxy) is 1. The van der Waals surface area contributed by atoms with Gasteiger partial charge in [0.15, 0.2) is 0 Å². The molecule has 1 rings (SSSR count). The Kier molecular flexibility index (Phi) is 3.29. The minimum atomic E-state index is 0.487. The van der Waals surface area contributed by atoms with Gasteiger partial charge in [-0.3, -0.25) is 4.79 Å². The van der Waals surface area contributed by atoms with E-state index in [9.17, 15) is 4.79 Å². The first-order valence-electron chi connectivity index (χ1n) is 3.85. The van der Waals surface area contributed by atoms with Crippen LogP contribution in [0.15, 0.2) is 6.07 Å². The van der Waals surface area contributed by atoms with Crippen molar-refractivity contribution >= 4 is 17.8 Å². The second-order valence-corrected chi connectivity index (χ2v) is 4.12. The van der Waals surface area contributed by atoms with Crippen molar-refractivity contribution in [2.75, 3.05) is 6.61 Å². The summed E-state index contributed by atoms with van der Waals surface area (Å²) in [6.45, 7) is 5.16. The highest BCUT2D eigenvalue weighted by molar-refractivity contribution is 7.12. The Morgan fingerprint density at radius 1 is 1.58 bits per heavy atom. The van der Waals surface area contributed by atoms with Crippen LogP contribution in [0.3, 0.4) is 0 Å². The lowest BCUT2D eigenvalue weighted by Crippen LogP contribution is -1.96. The molecule has 0 atom stereocenters. The van der Waals surface area contributed by atoms with Crippen LogP contribution in [0.5, 0.6) is 0 Å². The number of thiophene rings is 1. The van der Waals surface area contributed by atoms with E-state index in [1.807, 2.05) is 0 Å². The Morgan fingerprint density at radius 2 is 2.33 bits per heavy atom. The van der Waals surface area contributed by atoms with Crippen LogP contribution in [0.1, 0.15) is 15.3 Å². The zero-order valence-corrected chi connectivity index (χ0v) is 8.11. The molecule has 1 aromatic rings. The van der Waals surface area contributed by atoms with E-state index in [-0.39, 0.29) is 0 Å². The van der Waals surface area contributed by atoms with Gasteiger partial charge in [0.1, 0.15) is 0 Å². The summed E-state index contributed by atoms with van der Waals surface area (Å²) >= 11 is 1.78. The van der Waals surface area contributed by atoms with Gasteiger partial charge < -0.3 is 4.74 Å². The van der Waals surface area contributed by atoms with Crippen molar-refractivity contribution in [1.82, 2.24) is 0 Å². The fraction of sp³-hybridized carbons (Fsp3) is 0.444. The van der Waals surface area contributed by atoms with Crippen molar-refractivity contribution in [1.29, 1.82) is 0 Å². The Bertz CT molecular complexity index is 265. The minimum Gasteiger partial charge on any atom is -0.468 e. The monoisotopic (exact) mass is 184 g/mol. The Balaban J connectivity index is 2.50. The molecule has 1 aromatic heterocycles. The number of rotatable bonds is 4. The molecule has 0 saturated heterocycles. The van der Waals surface area contributed by atoms with Crippen LogP contribution < -0.4 is 0 Å². The predicted molar refractivity (Wildman–Crippen MR) is 49.5 cm³/mol. The third kappa shape index (κ3) is 2.34. The first-order valence-corrected chi connectivity index (χ1v) is 4.67. The number of aryl methyl sites for hydroxylation is 2. The summed E-state index contributed by atoms with van der Waals surface area (Å²) in [6, 6.07) is 2.15. The van der Waals surface area contributed by atoms with Crippen molar-refractivity contribution in [2.45, 2.75) is 20.3 Å². The van der Waals surface area contributed by atoms with Crippen molar-refractivity contribution in [2.24, 2.45) is 0 Å². The van der Waals surface area contributed by atoms with Gasteiger partial charge in [-0.25, -0.2) is 0 Å². The van der Waals surface area contributed by atoms with Crippen molar-refractivity contribution in [3.05, 3.63) is 21.4 Å². The normalized spacial score (nSPS) is 9.83. The molecule has 0 bridgehead atoms. The van der Waals surface area contributed by atoms with Crippen LogP contribution in [0, 0.1) is 13.8 Å². The highest BCUT2D eigenvalue weighted by atomic mass is 32.1. The van der Waals surface area contributed by atoms with Crippen LogP contribution in [0.25, 0.3) is 0 Å². The molecule has 0 amide bonds. The number of hydrogen-bond acceptors (Lipinski definition) is 3. The zero-order chi connectivity index (χ0) is 8.97. The van der Waals surface area contributed by atoms with E-state index >= 15 is 0 Å². The molecule has 66 valence electrons. The molecule has 0 radical (unpaired) electrons. The molecule has 0 aliphatic rings. The molecule has 2 nitrogen and oxygen atoms in total. The van der Waals surface area contributed by atoms with Crippen molar-refractivity contribution < 1.29 is 9.53 Å². The second-order valence-electron chi connectivity index (χ2n) is 2.66. The van der Waals surface area contributed by atoms with Gasteiger partial charge in [-0.2, -0.15) is 0 Å². The van der Waals surface area contributed by atoms with Crippen molar-refractivity contribution in [3.8, 4) is 0 Å². The van der Waals surface area contributed by atoms with Crippen LogP contribution in [-0.2, 0) is 16.0 Å². The van der Waals surface area contributed by atoms with Gasteiger partial charge in [-0.15, -0.1) is 11.3 Å². The first kappa shape index (κ1) is 9.26. The number of carbonyl (C=O) groups is 1. The molecular weight excluding hydrogens is 172 g/mol. The average molecular weight is 184 g/mol. The SMILES string of the molecule is Cc1cc(CCOC=O)c(C)s1. The summed E-state index contributed by atoms with van der Waals surface area (Å²) < 4.78 is 4.63. The summed E-state index contributed by atoms with van der Waals surface area (Å²) in [4.78, 5) is 12.5.